The monoisotopic (exact) mass is 418 g/mol. The third-order valence-electron chi connectivity index (χ3n) is 2.81. The number of hydrogen-bond acceptors (Lipinski definition) is 4. The Morgan fingerprint density at radius 1 is 1.33 bits per heavy atom. The summed E-state index contributed by atoms with van der Waals surface area (Å²) in [6.07, 6.45) is 0. The lowest BCUT2D eigenvalue weighted by molar-refractivity contribution is -0.385. The lowest BCUT2D eigenvalue weighted by Gasteiger charge is -2.10. The quantitative estimate of drug-likeness (QED) is 0.442. The third-order valence-corrected chi connectivity index (χ3v) is 3.94. The van der Waals surface area contributed by atoms with Gasteiger partial charge in [0, 0.05) is 26.9 Å². The molecule has 0 unspecified atom stereocenters. The molecule has 0 atom stereocenters. The SMILES string of the molecule is COc1cc(CNc2ccc(Cl)cc2I)cc([N+](=O)[O-])c1. The second-order valence-electron chi connectivity index (χ2n) is 4.27. The fourth-order valence-corrected chi connectivity index (χ4v) is 2.86. The summed E-state index contributed by atoms with van der Waals surface area (Å²) in [5.74, 6) is 0.465. The van der Waals surface area contributed by atoms with Gasteiger partial charge in [0.15, 0.2) is 0 Å². The van der Waals surface area contributed by atoms with Gasteiger partial charge in [-0.2, -0.15) is 0 Å². The number of nitrogens with zero attached hydrogens (tertiary/aromatic N) is 1. The van der Waals surface area contributed by atoms with Crippen LogP contribution in [-0.4, -0.2) is 12.0 Å². The number of benzene rings is 2. The maximum atomic E-state index is 10.9. The van der Waals surface area contributed by atoms with Gasteiger partial charge in [-0.15, -0.1) is 0 Å². The molecule has 0 heterocycles. The lowest BCUT2D eigenvalue weighted by atomic mass is 10.2. The van der Waals surface area contributed by atoms with E-state index in [0.717, 1.165) is 14.8 Å². The first-order valence-electron chi connectivity index (χ1n) is 6.01. The minimum atomic E-state index is -0.432. The van der Waals surface area contributed by atoms with E-state index < -0.39 is 4.92 Å². The number of halogens is 2. The van der Waals surface area contributed by atoms with Crippen molar-refractivity contribution in [1.29, 1.82) is 0 Å². The summed E-state index contributed by atoms with van der Waals surface area (Å²) in [7, 11) is 1.48. The first-order valence-corrected chi connectivity index (χ1v) is 7.46. The molecule has 0 fully saturated rings. The molecule has 21 heavy (non-hydrogen) atoms. The zero-order valence-corrected chi connectivity index (χ0v) is 14.0. The average molecular weight is 419 g/mol. The van der Waals surface area contributed by atoms with E-state index in [4.69, 9.17) is 16.3 Å². The Morgan fingerprint density at radius 3 is 2.71 bits per heavy atom. The van der Waals surface area contributed by atoms with Crippen molar-refractivity contribution < 1.29 is 9.66 Å². The smallest absolute Gasteiger partial charge is 0.273 e. The molecule has 5 nitrogen and oxygen atoms in total. The summed E-state index contributed by atoms with van der Waals surface area (Å²) in [6.45, 7) is 0.454. The zero-order valence-electron chi connectivity index (χ0n) is 11.1. The van der Waals surface area contributed by atoms with Crippen LogP contribution in [0.4, 0.5) is 11.4 Å². The van der Waals surface area contributed by atoms with E-state index in [2.05, 4.69) is 27.9 Å². The van der Waals surface area contributed by atoms with Crippen molar-refractivity contribution in [3.8, 4) is 5.75 Å². The number of anilines is 1. The Hall–Kier alpha value is -1.54. The van der Waals surface area contributed by atoms with Crippen LogP contribution in [0.5, 0.6) is 5.75 Å². The molecule has 2 aromatic rings. The molecule has 0 saturated carbocycles. The summed E-state index contributed by atoms with van der Waals surface area (Å²) in [6, 6.07) is 10.2. The second kappa shape index (κ2) is 6.95. The molecule has 0 aliphatic rings. The molecule has 2 aromatic carbocycles. The highest BCUT2D eigenvalue weighted by Gasteiger charge is 2.10. The van der Waals surface area contributed by atoms with Crippen LogP contribution in [0.1, 0.15) is 5.56 Å². The van der Waals surface area contributed by atoms with Crippen molar-refractivity contribution in [1.82, 2.24) is 0 Å². The van der Waals surface area contributed by atoms with Crippen LogP contribution in [0, 0.1) is 13.7 Å². The summed E-state index contributed by atoms with van der Waals surface area (Å²) in [5, 5.41) is 14.8. The van der Waals surface area contributed by atoms with Gasteiger partial charge in [0.05, 0.1) is 18.1 Å². The van der Waals surface area contributed by atoms with E-state index in [1.807, 2.05) is 12.1 Å². The van der Waals surface area contributed by atoms with E-state index in [1.165, 1.54) is 19.2 Å². The van der Waals surface area contributed by atoms with E-state index >= 15 is 0 Å². The number of non-ortho nitro benzene ring substituents is 1. The maximum Gasteiger partial charge on any atom is 0.273 e. The Kier molecular flexibility index (Phi) is 5.24. The van der Waals surface area contributed by atoms with Crippen molar-refractivity contribution in [2.45, 2.75) is 6.54 Å². The van der Waals surface area contributed by atoms with Crippen LogP contribution >= 0.6 is 34.2 Å². The molecular formula is C14H12ClIN2O3. The summed E-state index contributed by atoms with van der Waals surface area (Å²) >= 11 is 8.09. The van der Waals surface area contributed by atoms with Crippen LogP contribution in [0.25, 0.3) is 0 Å². The number of nitrogens with one attached hydrogen (secondary N) is 1. The molecule has 0 aliphatic heterocycles. The number of rotatable bonds is 5. The van der Waals surface area contributed by atoms with Crippen LogP contribution in [0.3, 0.4) is 0 Å². The molecule has 7 heteroatoms. The molecule has 0 bridgehead atoms. The van der Waals surface area contributed by atoms with Crippen LogP contribution in [0.15, 0.2) is 36.4 Å². The predicted octanol–water partition coefficient (Wildman–Crippen LogP) is 4.47. The van der Waals surface area contributed by atoms with Gasteiger partial charge in [0.2, 0.25) is 0 Å². The molecule has 0 spiro atoms. The number of ether oxygens (including phenoxy) is 1. The largest absolute Gasteiger partial charge is 0.496 e. The van der Waals surface area contributed by atoms with Crippen molar-refractivity contribution >= 4 is 45.6 Å². The van der Waals surface area contributed by atoms with Gasteiger partial charge in [-0.1, -0.05) is 11.6 Å². The Balaban J connectivity index is 2.19. The van der Waals surface area contributed by atoms with Crippen LogP contribution in [0.2, 0.25) is 5.02 Å². The van der Waals surface area contributed by atoms with Crippen molar-refractivity contribution in [2.75, 3.05) is 12.4 Å². The fraction of sp³-hybridized carbons (Fsp3) is 0.143. The summed E-state index contributed by atoms with van der Waals surface area (Å²) < 4.78 is 6.07. The molecule has 2 rings (SSSR count). The van der Waals surface area contributed by atoms with Gasteiger partial charge >= 0.3 is 0 Å². The van der Waals surface area contributed by atoms with E-state index in [9.17, 15) is 10.1 Å². The van der Waals surface area contributed by atoms with Gasteiger partial charge < -0.3 is 10.1 Å². The molecule has 0 aliphatic carbocycles. The molecule has 1 N–H and O–H groups in total. The first kappa shape index (κ1) is 15.8. The lowest BCUT2D eigenvalue weighted by Crippen LogP contribution is -2.02. The van der Waals surface area contributed by atoms with Gasteiger partial charge in [-0.3, -0.25) is 10.1 Å². The summed E-state index contributed by atoms with van der Waals surface area (Å²) in [4.78, 5) is 10.5. The normalized spacial score (nSPS) is 10.2. The summed E-state index contributed by atoms with van der Waals surface area (Å²) in [5.41, 5.74) is 1.70. The van der Waals surface area contributed by atoms with Gasteiger partial charge in [0.25, 0.3) is 5.69 Å². The van der Waals surface area contributed by atoms with E-state index in [-0.39, 0.29) is 5.69 Å². The predicted molar refractivity (Wildman–Crippen MR) is 91.1 cm³/mol. The molecular weight excluding hydrogens is 407 g/mol. The van der Waals surface area contributed by atoms with Gasteiger partial charge in [0.1, 0.15) is 5.75 Å². The second-order valence-corrected chi connectivity index (χ2v) is 5.87. The first-order chi connectivity index (χ1) is 9.99. The average Bonchev–Trinajstić information content (AvgIpc) is 2.46. The molecule has 0 amide bonds. The molecule has 0 aromatic heterocycles. The van der Waals surface area contributed by atoms with Gasteiger partial charge in [-0.25, -0.2) is 0 Å². The number of nitro groups is 1. The number of methoxy groups -OCH3 is 1. The van der Waals surface area contributed by atoms with Crippen LogP contribution in [-0.2, 0) is 6.54 Å². The van der Waals surface area contributed by atoms with E-state index in [1.54, 1.807) is 12.1 Å². The minimum absolute atomic E-state index is 0.0111. The highest BCUT2D eigenvalue weighted by molar-refractivity contribution is 14.1. The Morgan fingerprint density at radius 2 is 2.10 bits per heavy atom. The highest BCUT2D eigenvalue weighted by atomic mass is 127. The maximum absolute atomic E-state index is 10.9. The topological polar surface area (TPSA) is 64.4 Å². The number of nitro benzene ring substituents is 1. The molecule has 110 valence electrons. The third kappa shape index (κ3) is 4.21. The molecule has 0 saturated heterocycles. The minimum Gasteiger partial charge on any atom is -0.496 e. The highest BCUT2D eigenvalue weighted by Crippen LogP contribution is 2.25. The van der Waals surface area contributed by atoms with E-state index in [0.29, 0.717) is 17.3 Å². The van der Waals surface area contributed by atoms with Crippen molar-refractivity contribution in [3.05, 3.63) is 60.7 Å². The van der Waals surface area contributed by atoms with Crippen LogP contribution < -0.4 is 10.1 Å². The zero-order chi connectivity index (χ0) is 15.4. The standard InChI is InChI=1S/C14H12ClIN2O3/c1-21-12-5-9(4-11(7-12)18(19)20)8-17-14-3-2-10(15)6-13(14)16/h2-7,17H,8H2,1H3. The van der Waals surface area contributed by atoms with Crippen molar-refractivity contribution in [2.24, 2.45) is 0 Å². The molecule has 0 radical (unpaired) electrons. The van der Waals surface area contributed by atoms with Crippen molar-refractivity contribution in [3.63, 3.8) is 0 Å². The number of hydrogen-bond donors (Lipinski definition) is 1. The van der Waals surface area contributed by atoms with Gasteiger partial charge in [-0.05, 0) is 52.4 Å². The Labute approximate surface area is 140 Å². The fourth-order valence-electron chi connectivity index (χ4n) is 1.80. The Bertz CT molecular complexity index is 679.